The predicted molar refractivity (Wildman–Crippen MR) is 67.5 cm³/mol. The van der Waals surface area contributed by atoms with Gasteiger partial charge in [0.05, 0.1) is 6.54 Å². The fourth-order valence-corrected chi connectivity index (χ4v) is 1.35. The molecule has 1 amide bonds. The number of halogens is 1. The zero-order chi connectivity index (χ0) is 13.1. The molecular weight excluding hydrogens is 219 g/mol. The van der Waals surface area contributed by atoms with E-state index in [4.69, 9.17) is 0 Å². The molecule has 17 heavy (non-hydrogen) atoms. The van der Waals surface area contributed by atoms with Gasteiger partial charge >= 0.3 is 0 Å². The standard InChI is InChI=1S/C13H19FN2O/c1-9-5-6-10(7-11(9)14)15-8-12(17)16-13(2,3)4/h5-7,15H,8H2,1-4H3,(H,16,17). The van der Waals surface area contributed by atoms with E-state index in [0.717, 1.165) is 0 Å². The lowest BCUT2D eigenvalue weighted by Gasteiger charge is -2.20. The molecule has 1 rings (SSSR count). The third-order valence-corrected chi connectivity index (χ3v) is 2.14. The Morgan fingerprint density at radius 1 is 1.35 bits per heavy atom. The molecule has 2 N–H and O–H groups in total. The molecule has 0 atom stereocenters. The van der Waals surface area contributed by atoms with Crippen molar-refractivity contribution in [2.24, 2.45) is 0 Å². The number of amides is 1. The van der Waals surface area contributed by atoms with Crippen LogP contribution in [-0.2, 0) is 4.79 Å². The maximum atomic E-state index is 13.2. The van der Waals surface area contributed by atoms with Crippen LogP contribution in [-0.4, -0.2) is 18.0 Å². The van der Waals surface area contributed by atoms with Gasteiger partial charge in [-0.05, 0) is 45.4 Å². The van der Waals surface area contributed by atoms with Crippen LogP contribution in [0.5, 0.6) is 0 Å². The Kier molecular flexibility index (Phi) is 4.10. The van der Waals surface area contributed by atoms with Crippen LogP contribution >= 0.6 is 0 Å². The lowest BCUT2D eigenvalue weighted by molar-refractivity contribution is -0.120. The summed E-state index contributed by atoms with van der Waals surface area (Å²) in [7, 11) is 0. The molecule has 0 aromatic heterocycles. The molecule has 0 aliphatic heterocycles. The Balaban J connectivity index is 2.50. The topological polar surface area (TPSA) is 41.1 Å². The Morgan fingerprint density at radius 2 is 2.00 bits per heavy atom. The minimum atomic E-state index is -0.272. The van der Waals surface area contributed by atoms with Gasteiger partial charge in [-0.25, -0.2) is 4.39 Å². The number of anilines is 1. The van der Waals surface area contributed by atoms with Crippen molar-refractivity contribution >= 4 is 11.6 Å². The highest BCUT2D eigenvalue weighted by Crippen LogP contribution is 2.13. The highest BCUT2D eigenvalue weighted by molar-refractivity contribution is 5.81. The van der Waals surface area contributed by atoms with Crippen LogP contribution in [0.1, 0.15) is 26.3 Å². The number of rotatable bonds is 3. The van der Waals surface area contributed by atoms with Gasteiger partial charge in [0.1, 0.15) is 5.82 Å². The second kappa shape index (κ2) is 5.17. The summed E-state index contributed by atoms with van der Waals surface area (Å²) >= 11 is 0. The lowest BCUT2D eigenvalue weighted by atomic mass is 10.1. The van der Waals surface area contributed by atoms with Gasteiger partial charge in [0.15, 0.2) is 0 Å². The highest BCUT2D eigenvalue weighted by Gasteiger charge is 2.13. The largest absolute Gasteiger partial charge is 0.376 e. The van der Waals surface area contributed by atoms with Crippen LogP contribution < -0.4 is 10.6 Å². The van der Waals surface area contributed by atoms with E-state index in [2.05, 4.69) is 10.6 Å². The molecule has 1 aromatic rings. The zero-order valence-corrected chi connectivity index (χ0v) is 10.7. The second-order valence-electron chi connectivity index (χ2n) is 5.12. The second-order valence-corrected chi connectivity index (χ2v) is 5.12. The molecule has 0 aliphatic rings. The van der Waals surface area contributed by atoms with E-state index in [0.29, 0.717) is 11.3 Å². The molecule has 0 saturated heterocycles. The number of aryl methyl sites for hydroxylation is 1. The molecule has 0 unspecified atom stereocenters. The van der Waals surface area contributed by atoms with Crippen LogP contribution in [0.25, 0.3) is 0 Å². The van der Waals surface area contributed by atoms with Crippen molar-refractivity contribution in [2.45, 2.75) is 33.2 Å². The van der Waals surface area contributed by atoms with E-state index in [1.54, 1.807) is 19.1 Å². The van der Waals surface area contributed by atoms with Crippen molar-refractivity contribution in [3.05, 3.63) is 29.6 Å². The first-order valence-corrected chi connectivity index (χ1v) is 5.59. The molecule has 0 spiro atoms. The van der Waals surface area contributed by atoms with E-state index in [-0.39, 0.29) is 23.8 Å². The van der Waals surface area contributed by atoms with Crippen LogP contribution in [0.3, 0.4) is 0 Å². The number of hydrogen-bond donors (Lipinski definition) is 2. The van der Waals surface area contributed by atoms with Crippen molar-refractivity contribution in [1.82, 2.24) is 5.32 Å². The van der Waals surface area contributed by atoms with Gasteiger partial charge in [-0.15, -0.1) is 0 Å². The zero-order valence-electron chi connectivity index (χ0n) is 10.7. The third kappa shape index (κ3) is 4.85. The Labute approximate surface area is 101 Å². The average Bonchev–Trinajstić information content (AvgIpc) is 2.17. The van der Waals surface area contributed by atoms with Gasteiger partial charge in [0.25, 0.3) is 0 Å². The summed E-state index contributed by atoms with van der Waals surface area (Å²) in [4.78, 5) is 11.5. The van der Waals surface area contributed by atoms with Gasteiger partial charge in [0, 0.05) is 11.2 Å². The predicted octanol–water partition coefficient (Wildman–Crippen LogP) is 2.46. The normalized spacial score (nSPS) is 11.1. The van der Waals surface area contributed by atoms with Gasteiger partial charge < -0.3 is 10.6 Å². The van der Waals surface area contributed by atoms with Crippen molar-refractivity contribution < 1.29 is 9.18 Å². The smallest absolute Gasteiger partial charge is 0.239 e. The molecule has 1 aromatic carbocycles. The minimum Gasteiger partial charge on any atom is -0.376 e. The summed E-state index contributed by atoms with van der Waals surface area (Å²) in [5.74, 6) is -0.385. The van der Waals surface area contributed by atoms with Crippen molar-refractivity contribution in [2.75, 3.05) is 11.9 Å². The first-order chi connectivity index (χ1) is 7.78. The Hall–Kier alpha value is -1.58. The SMILES string of the molecule is Cc1ccc(NCC(=O)NC(C)(C)C)cc1F. The van der Waals surface area contributed by atoms with E-state index in [1.165, 1.54) is 6.07 Å². The number of benzene rings is 1. The number of hydrogen-bond acceptors (Lipinski definition) is 2. The fourth-order valence-electron chi connectivity index (χ4n) is 1.35. The van der Waals surface area contributed by atoms with Crippen molar-refractivity contribution in [1.29, 1.82) is 0 Å². The van der Waals surface area contributed by atoms with E-state index in [9.17, 15) is 9.18 Å². The van der Waals surface area contributed by atoms with Crippen molar-refractivity contribution in [3.63, 3.8) is 0 Å². The molecule has 3 nitrogen and oxygen atoms in total. The summed E-state index contributed by atoms with van der Waals surface area (Å²) in [5, 5.41) is 5.70. The molecule has 94 valence electrons. The summed E-state index contributed by atoms with van der Waals surface area (Å²) in [6.07, 6.45) is 0. The van der Waals surface area contributed by atoms with Gasteiger partial charge in [-0.3, -0.25) is 4.79 Å². The van der Waals surface area contributed by atoms with Gasteiger partial charge in [-0.1, -0.05) is 6.07 Å². The third-order valence-electron chi connectivity index (χ3n) is 2.14. The fraction of sp³-hybridized carbons (Fsp3) is 0.462. The Morgan fingerprint density at radius 3 is 2.53 bits per heavy atom. The molecule has 0 radical (unpaired) electrons. The summed E-state index contributed by atoms with van der Waals surface area (Å²) < 4.78 is 13.2. The number of carbonyl (C=O) groups is 1. The van der Waals surface area contributed by atoms with E-state index in [1.807, 2.05) is 20.8 Å². The van der Waals surface area contributed by atoms with Crippen molar-refractivity contribution in [3.8, 4) is 0 Å². The summed E-state index contributed by atoms with van der Waals surface area (Å²) in [6.45, 7) is 7.58. The molecule has 0 aliphatic carbocycles. The summed E-state index contributed by atoms with van der Waals surface area (Å²) in [6, 6.07) is 4.82. The van der Waals surface area contributed by atoms with Gasteiger partial charge in [-0.2, -0.15) is 0 Å². The molecular formula is C13H19FN2O. The van der Waals surface area contributed by atoms with Gasteiger partial charge in [0.2, 0.25) is 5.91 Å². The number of carbonyl (C=O) groups excluding carboxylic acids is 1. The monoisotopic (exact) mass is 238 g/mol. The quantitative estimate of drug-likeness (QED) is 0.849. The van der Waals surface area contributed by atoms with Crippen LogP contribution in [0.2, 0.25) is 0 Å². The minimum absolute atomic E-state index is 0.113. The molecule has 0 bridgehead atoms. The Bertz CT molecular complexity index is 410. The first kappa shape index (κ1) is 13.5. The van der Waals surface area contributed by atoms with Crippen LogP contribution in [0, 0.1) is 12.7 Å². The maximum Gasteiger partial charge on any atom is 0.239 e. The van der Waals surface area contributed by atoms with E-state index >= 15 is 0 Å². The molecule has 0 saturated carbocycles. The van der Waals surface area contributed by atoms with Crippen LogP contribution in [0.15, 0.2) is 18.2 Å². The lowest BCUT2D eigenvalue weighted by Crippen LogP contribution is -2.43. The maximum absolute atomic E-state index is 13.2. The molecule has 0 fully saturated rings. The summed E-state index contributed by atoms with van der Waals surface area (Å²) in [5.41, 5.74) is 0.948. The highest BCUT2D eigenvalue weighted by atomic mass is 19.1. The van der Waals surface area contributed by atoms with Crippen LogP contribution in [0.4, 0.5) is 10.1 Å². The van der Waals surface area contributed by atoms with E-state index < -0.39 is 0 Å². The number of nitrogens with one attached hydrogen (secondary N) is 2. The first-order valence-electron chi connectivity index (χ1n) is 5.59. The molecule has 0 heterocycles. The molecule has 4 heteroatoms. The average molecular weight is 238 g/mol.